The normalized spacial score (nSPS) is 23.0. The van der Waals surface area contributed by atoms with Gasteiger partial charge in [-0.05, 0) is 25.7 Å². The SMILES string of the molecule is N=C(N)C1CN(c2ncnc3c2CCCCC3)CCO1. The third-order valence-corrected chi connectivity index (χ3v) is 4.07. The maximum absolute atomic E-state index is 7.56. The fourth-order valence-corrected chi connectivity index (χ4v) is 2.98. The van der Waals surface area contributed by atoms with Crippen LogP contribution in [0.25, 0.3) is 0 Å². The van der Waals surface area contributed by atoms with Crippen molar-refractivity contribution in [2.75, 3.05) is 24.6 Å². The van der Waals surface area contributed by atoms with Gasteiger partial charge in [-0.1, -0.05) is 6.42 Å². The van der Waals surface area contributed by atoms with Crippen LogP contribution in [0.15, 0.2) is 6.33 Å². The van der Waals surface area contributed by atoms with E-state index >= 15 is 0 Å². The van der Waals surface area contributed by atoms with Gasteiger partial charge in [-0.2, -0.15) is 0 Å². The van der Waals surface area contributed by atoms with Crippen molar-refractivity contribution in [3.63, 3.8) is 0 Å². The van der Waals surface area contributed by atoms with Gasteiger partial charge in [-0.3, -0.25) is 5.41 Å². The molecule has 3 N–H and O–H groups in total. The molecule has 0 radical (unpaired) electrons. The van der Waals surface area contributed by atoms with Gasteiger partial charge in [0.15, 0.2) is 0 Å². The average molecular weight is 275 g/mol. The molecule has 1 aliphatic carbocycles. The molecule has 3 rings (SSSR count). The van der Waals surface area contributed by atoms with Gasteiger partial charge in [-0.15, -0.1) is 0 Å². The van der Waals surface area contributed by atoms with Crippen LogP contribution < -0.4 is 10.6 Å². The van der Waals surface area contributed by atoms with Crippen LogP contribution in [0.5, 0.6) is 0 Å². The number of aromatic nitrogens is 2. The zero-order chi connectivity index (χ0) is 13.9. The topological polar surface area (TPSA) is 88.1 Å². The maximum atomic E-state index is 7.56. The molecule has 20 heavy (non-hydrogen) atoms. The van der Waals surface area contributed by atoms with Gasteiger partial charge in [0, 0.05) is 17.8 Å². The fraction of sp³-hybridized carbons (Fsp3) is 0.643. The van der Waals surface area contributed by atoms with E-state index in [1.165, 1.54) is 30.5 Å². The van der Waals surface area contributed by atoms with Crippen molar-refractivity contribution in [1.29, 1.82) is 5.41 Å². The van der Waals surface area contributed by atoms with Crippen LogP contribution in [0.3, 0.4) is 0 Å². The van der Waals surface area contributed by atoms with Crippen LogP contribution in [-0.4, -0.2) is 41.6 Å². The summed E-state index contributed by atoms with van der Waals surface area (Å²) >= 11 is 0. The Labute approximate surface area is 118 Å². The molecule has 0 saturated carbocycles. The number of hydrogen-bond donors (Lipinski definition) is 2. The summed E-state index contributed by atoms with van der Waals surface area (Å²) in [5.74, 6) is 1.11. The van der Waals surface area contributed by atoms with E-state index in [2.05, 4.69) is 14.9 Å². The van der Waals surface area contributed by atoms with E-state index in [0.29, 0.717) is 13.2 Å². The highest BCUT2D eigenvalue weighted by Gasteiger charge is 2.26. The Morgan fingerprint density at radius 1 is 1.30 bits per heavy atom. The molecule has 1 unspecified atom stereocenters. The van der Waals surface area contributed by atoms with Crippen LogP contribution in [0.1, 0.15) is 30.5 Å². The average Bonchev–Trinajstić information content (AvgIpc) is 2.72. The van der Waals surface area contributed by atoms with E-state index in [1.807, 2.05) is 0 Å². The molecule has 0 amide bonds. The lowest BCUT2D eigenvalue weighted by Crippen LogP contribution is -2.48. The third kappa shape index (κ3) is 2.60. The summed E-state index contributed by atoms with van der Waals surface area (Å²) in [6.07, 6.45) is 7.11. The molecule has 0 aromatic carbocycles. The minimum Gasteiger partial charge on any atom is -0.385 e. The first-order chi connectivity index (χ1) is 9.75. The lowest BCUT2D eigenvalue weighted by Gasteiger charge is -2.34. The molecular formula is C14H21N5O. The quantitative estimate of drug-likeness (QED) is 0.475. The summed E-state index contributed by atoms with van der Waals surface area (Å²) in [4.78, 5) is 11.1. The van der Waals surface area contributed by atoms with Crippen LogP contribution >= 0.6 is 0 Å². The van der Waals surface area contributed by atoms with Gasteiger partial charge >= 0.3 is 0 Å². The molecule has 0 bridgehead atoms. The summed E-state index contributed by atoms with van der Waals surface area (Å²) in [5, 5.41) is 7.56. The van der Waals surface area contributed by atoms with E-state index < -0.39 is 0 Å². The van der Waals surface area contributed by atoms with E-state index in [0.717, 1.165) is 25.2 Å². The van der Waals surface area contributed by atoms with Crippen LogP contribution in [0, 0.1) is 5.41 Å². The number of anilines is 1. The van der Waals surface area contributed by atoms with Crippen molar-refractivity contribution in [1.82, 2.24) is 9.97 Å². The van der Waals surface area contributed by atoms with Crippen molar-refractivity contribution in [3.05, 3.63) is 17.6 Å². The Morgan fingerprint density at radius 2 is 2.15 bits per heavy atom. The zero-order valence-corrected chi connectivity index (χ0v) is 11.6. The van der Waals surface area contributed by atoms with Gasteiger partial charge in [-0.25, -0.2) is 9.97 Å². The Hall–Kier alpha value is -1.69. The molecule has 108 valence electrons. The molecule has 2 heterocycles. The van der Waals surface area contributed by atoms with Crippen LogP contribution in [-0.2, 0) is 17.6 Å². The molecule has 1 aromatic heterocycles. The second kappa shape index (κ2) is 5.75. The number of hydrogen-bond acceptors (Lipinski definition) is 5. The van der Waals surface area contributed by atoms with Gasteiger partial charge < -0.3 is 15.4 Å². The van der Waals surface area contributed by atoms with Crippen LogP contribution in [0.2, 0.25) is 0 Å². The second-order valence-electron chi connectivity index (χ2n) is 5.44. The number of nitrogens with zero attached hydrogens (tertiary/aromatic N) is 3. The number of nitrogens with one attached hydrogen (secondary N) is 1. The zero-order valence-electron chi connectivity index (χ0n) is 11.6. The Kier molecular flexibility index (Phi) is 3.82. The fourth-order valence-electron chi connectivity index (χ4n) is 2.98. The summed E-state index contributed by atoms with van der Waals surface area (Å²) in [5.41, 5.74) is 8.05. The second-order valence-corrected chi connectivity index (χ2v) is 5.44. The first-order valence-corrected chi connectivity index (χ1v) is 7.29. The third-order valence-electron chi connectivity index (χ3n) is 4.07. The highest BCUT2D eigenvalue weighted by Crippen LogP contribution is 2.27. The predicted molar refractivity (Wildman–Crippen MR) is 77.2 cm³/mol. The standard InChI is InChI=1S/C14H21N5O/c15-13(16)12-8-19(6-7-20-12)14-10-4-2-1-3-5-11(10)17-9-18-14/h9,12H,1-8H2,(H3,15,16). The molecule has 6 nitrogen and oxygen atoms in total. The lowest BCUT2D eigenvalue weighted by molar-refractivity contribution is 0.0822. The monoisotopic (exact) mass is 275 g/mol. The smallest absolute Gasteiger partial charge is 0.135 e. The van der Waals surface area contributed by atoms with Gasteiger partial charge in [0.25, 0.3) is 0 Å². The molecular weight excluding hydrogens is 254 g/mol. The largest absolute Gasteiger partial charge is 0.385 e. The molecule has 6 heteroatoms. The molecule has 1 atom stereocenters. The Bertz CT molecular complexity index is 504. The summed E-state index contributed by atoms with van der Waals surface area (Å²) < 4.78 is 5.53. The molecule has 1 aromatic rings. The van der Waals surface area contributed by atoms with Gasteiger partial charge in [0.1, 0.15) is 24.1 Å². The first-order valence-electron chi connectivity index (χ1n) is 7.29. The summed E-state index contributed by atoms with van der Waals surface area (Å²) in [7, 11) is 0. The van der Waals surface area contributed by atoms with Crippen molar-refractivity contribution < 1.29 is 4.74 Å². The van der Waals surface area contributed by atoms with E-state index in [9.17, 15) is 0 Å². The molecule has 1 fully saturated rings. The molecule has 2 aliphatic rings. The molecule has 1 aliphatic heterocycles. The van der Waals surface area contributed by atoms with E-state index in [1.54, 1.807) is 6.33 Å². The van der Waals surface area contributed by atoms with E-state index in [4.69, 9.17) is 15.9 Å². The summed E-state index contributed by atoms with van der Waals surface area (Å²) in [6, 6.07) is 0. The number of aryl methyl sites for hydroxylation is 1. The summed E-state index contributed by atoms with van der Waals surface area (Å²) in [6.45, 7) is 2.00. The predicted octanol–water partition coefficient (Wildman–Crippen LogP) is 0.887. The van der Waals surface area contributed by atoms with Gasteiger partial charge in [0.2, 0.25) is 0 Å². The number of rotatable bonds is 2. The number of fused-ring (bicyclic) bond motifs is 1. The Morgan fingerprint density at radius 3 is 3.00 bits per heavy atom. The van der Waals surface area contributed by atoms with Crippen molar-refractivity contribution >= 4 is 11.7 Å². The van der Waals surface area contributed by atoms with Crippen molar-refractivity contribution in [3.8, 4) is 0 Å². The lowest BCUT2D eigenvalue weighted by atomic mass is 10.1. The highest BCUT2D eigenvalue weighted by molar-refractivity contribution is 5.82. The number of ether oxygens (including phenoxy) is 1. The minimum atomic E-state index is -0.319. The first kappa shape index (κ1) is 13.3. The molecule has 1 saturated heterocycles. The van der Waals surface area contributed by atoms with Crippen molar-refractivity contribution in [2.24, 2.45) is 5.73 Å². The van der Waals surface area contributed by atoms with Gasteiger partial charge in [0.05, 0.1) is 13.2 Å². The number of amidine groups is 1. The maximum Gasteiger partial charge on any atom is 0.135 e. The number of morpholine rings is 1. The number of nitrogens with two attached hydrogens (primary N) is 1. The minimum absolute atomic E-state index is 0.0924. The molecule has 0 spiro atoms. The Balaban J connectivity index is 1.88. The van der Waals surface area contributed by atoms with E-state index in [-0.39, 0.29) is 11.9 Å². The van der Waals surface area contributed by atoms with Crippen LogP contribution in [0.4, 0.5) is 5.82 Å². The highest BCUT2D eigenvalue weighted by atomic mass is 16.5. The van der Waals surface area contributed by atoms with Crippen molar-refractivity contribution in [2.45, 2.75) is 38.2 Å².